The Bertz CT molecular complexity index is 901. The molecule has 3 N–H and O–H groups in total. The number of nitrogens with one attached hydrogen (secondary N) is 1. The van der Waals surface area contributed by atoms with Crippen LogP contribution in [0.5, 0.6) is 0 Å². The van der Waals surface area contributed by atoms with Crippen molar-refractivity contribution < 1.29 is 22.8 Å². The molecule has 11 heteroatoms. The molecular weight excluding hydrogens is 386 g/mol. The lowest BCUT2D eigenvalue weighted by molar-refractivity contribution is -0.134. The number of piperazine rings is 1. The van der Waals surface area contributed by atoms with E-state index in [0.29, 0.717) is 5.92 Å². The quantitative estimate of drug-likeness (QED) is 0.602. The van der Waals surface area contributed by atoms with Gasteiger partial charge in [-0.15, -0.1) is 0 Å². The van der Waals surface area contributed by atoms with Gasteiger partial charge in [-0.2, -0.15) is 4.31 Å². The smallest absolute Gasteiger partial charge is 0.265 e. The first-order valence-electron chi connectivity index (χ1n) is 9.13. The maximum atomic E-state index is 12.8. The molecule has 154 valence electrons. The summed E-state index contributed by atoms with van der Waals surface area (Å²) in [6.45, 7) is 2.68. The van der Waals surface area contributed by atoms with E-state index in [-0.39, 0.29) is 61.0 Å². The van der Waals surface area contributed by atoms with Crippen molar-refractivity contribution in [2.45, 2.75) is 18.2 Å². The van der Waals surface area contributed by atoms with Crippen molar-refractivity contribution in [3.8, 4) is 0 Å². The molecule has 1 aromatic heterocycles. The zero-order valence-corrected chi connectivity index (χ0v) is 16.7. The maximum Gasteiger partial charge on any atom is 0.265 e. The fourth-order valence-electron chi connectivity index (χ4n) is 3.34. The topological polar surface area (TPSA) is 135 Å². The number of carbonyl (C=O) groups is 3. The van der Waals surface area contributed by atoms with Gasteiger partial charge >= 0.3 is 0 Å². The first-order valence-corrected chi connectivity index (χ1v) is 10.6. The Labute approximate surface area is 163 Å². The van der Waals surface area contributed by atoms with Crippen molar-refractivity contribution in [1.29, 1.82) is 0 Å². The first-order chi connectivity index (χ1) is 13.1. The Balaban J connectivity index is 1.55. The zero-order valence-electron chi connectivity index (χ0n) is 15.9. The number of aryl methyl sites for hydroxylation is 1. The number of hydrogen-bond donors (Lipinski definition) is 2. The van der Waals surface area contributed by atoms with Gasteiger partial charge in [0.25, 0.3) is 5.91 Å². The molecule has 1 aliphatic heterocycles. The second-order valence-corrected chi connectivity index (χ2v) is 9.30. The molecule has 1 saturated heterocycles. The fraction of sp³-hybridized carbons (Fsp3) is 0.588. The molecule has 28 heavy (non-hydrogen) atoms. The van der Waals surface area contributed by atoms with E-state index in [9.17, 15) is 22.8 Å². The Hall–Kier alpha value is -2.40. The van der Waals surface area contributed by atoms with Crippen LogP contribution in [-0.2, 0) is 26.7 Å². The Kier molecular flexibility index (Phi) is 5.48. The number of hydrogen-bond acceptors (Lipinski definition) is 5. The van der Waals surface area contributed by atoms with Crippen LogP contribution in [0.3, 0.4) is 0 Å². The van der Waals surface area contributed by atoms with Crippen molar-refractivity contribution in [3.05, 3.63) is 18.0 Å². The highest BCUT2D eigenvalue weighted by molar-refractivity contribution is 7.89. The minimum absolute atomic E-state index is 0.00519. The summed E-state index contributed by atoms with van der Waals surface area (Å²) in [6, 6.07) is 1.25. The summed E-state index contributed by atoms with van der Waals surface area (Å²) in [5.74, 6) is -0.657. The number of sulfonamides is 1. The highest BCUT2D eigenvalue weighted by Crippen LogP contribution is 2.37. The van der Waals surface area contributed by atoms with Crippen LogP contribution >= 0.6 is 0 Å². The number of primary amides is 1. The van der Waals surface area contributed by atoms with E-state index in [1.165, 1.54) is 21.1 Å². The standard InChI is InChI=1S/C17H25N5O5S/c1-11-7-13(11)17(25)19-9-15(23)21-3-5-22(6-4-21)28(26,27)12-8-14(16(18)24)20(2)10-12/h8,10-11,13H,3-7,9H2,1-2H3,(H2,18,24)(H,19,25). The molecule has 0 bridgehead atoms. The molecule has 0 aromatic carbocycles. The largest absolute Gasteiger partial charge is 0.364 e. The minimum Gasteiger partial charge on any atom is -0.364 e. The number of nitrogens with zero attached hydrogens (tertiary/aromatic N) is 3. The van der Waals surface area contributed by atoms with Gasteiger partial charge < -0.3 is 20.5 Å². The minimum atomic E-state index is -3.78. The second kappa shape index (κ2) is 7.55. The molecule has 2 atom stereocenters. The lowest BCUT2D eigenvalue weighted by Crippen LogP contribution is -2.52. The molecule has 3 rings (SSSR count). The van der Waals surface area contributed by atoms with Crippen molar-refractivity contribution in [2.75, 3.05) is 32.7 Å². The number of amides is 3. The SMILES string of the molecule is CC1CC1C(=O)NCC(=O)N1CCN(S(=O)(=O)c2cc(C(N)=O)n(C)c2)CC1. The zero-order chi connectivity index (χ0) is 20.6. The predicted octanol–water partition coefficient (Wildman–Crippen LogP) is -1.27. The van der Waals surface area contributed by atoms with Crippen LogP contribution in [-0.4, -0.2) is 72.6 Å². The van der Waals surface area contributed by atoms with Crippen LogP contribution in [0.4, 0.5) is 0 Å². The van der Waals surface area contributed by atoms with E-state index in [4.69, 9.17) is 5.73 Å². The average molecular weight is 411 g/mol. The summed E-state index contributed by atoms with van der Waals surface area (Å²) in [6.07, 6.45) is 2.20. The van der Waals surface area contributed by atoms with Crippen LogP contribution in [0.2, 0.25) is 0 Å². The second-order valence-electron chi connectivity index (χ2n) is 7.36. The molecule has 1 aromatic rings. The lowest BCUT2D eigenvalue weighted by Gasteiger charge is -2.33. The molecule has 3 amide bonds. The molecule has 0 spiro atoms. The van der Waals surface area contributed by atoms with Gasteiger partial charge in [-0.25, -0.2) is 8.42 Å². The Morgan fingerprint density at radius 2 is 1.82 bits per heavy atom. The van der Waals surface area contributed by atoms with E-state index < -0.39 is 15.9 Å². The van der Waals surface area contributed by atoms with Crippen molar-refractivity contribution in [2.24, 2.45) is 24.6 Å². The van der Waals surface area contributed by atoms with Crippen LogP contribution in [0.15, 0.2) is 17.2 Å². The van der Waals surface area contributed by atoms with Crippen LogP contribution in [0, 0.1) is 11.8 Å². The number of rotatable bonds is 6. The van der Waals surface area contributed by atoms with Gasteiger partial charge in [0.05, 0.1) is 6.54 Å². The van der Waals surface area contributed by atoms with Gasteiger partial charge in [0, 0.05) is 45.3 Å². The summed E-state index contributed by atoms with van der Waals surface area (Å²) in [5.41, 5.74) is 5.34. The Morgan fingerprint density at radius 1 is 1.21 bits per heavy atom. The maximum absolute atomic E-state index is 12.8. The summed E-state index contributed by atoms with van der Waals surface area (Å²) in [5, 5.41) is 2.65. The first kappa shape index (κ1) is 20.3. The highest BCUT2D eigenvalue weighted by atomic mass is 32.2. The molecule has 0 radical (unpaired) electrons. The third kappa shape index (κ3) is 4.04. The molecular formula is C17H25N5O5S. The normalized spacial score (nSPS) is 22.7. The average Bonchev–Trinajstić information content (AvgIpc) is 3.24. The molecule has 2 fully saturated rings. The van der Waals surface area contributed by atoms with Gasteiger partial charge in [-0.3, -0.25) is 14.4 Å². The predicted molar refractivity (Wildman–Crippen MR) is 99.6 cm³/mol. The molecule has 2 unspecified atom stereocenters. The van der Waals surface area contributed by atoms with Crippen molar-refractivity contribution in [3.63, 3.8) is 0 Å². The number of carbonyl (C=O) groups excluding carboxylic acids is 3. The van der Waals surface area contributed by atoms with Crippen LogP contribution in [0.1, 0.15) is 23.8 Å². The summed E-state index contributed by atoms with van der Waals surface area (Å²) in [4.78, 5) is 37.0. The third-order valence-corrected chi connectivity index (χ3v) is 7.19. The van der Waals surface area contributed by atoms with Gasteiger partial charge in [0.15, 0.2) is 0 Å². The van der Waals surface area contributed by atoms with E-state index in [2.05, 4.69) is 5.32 Å². The van der Waals surface area contributed by atoms with E-state index in [0.717, 1.165) is 6.42 Å². The van der Waals surface area contributed by atoms with Crippen molar-refractivity contribution >= 4 is 27.7 Å². The van der Waals surface area contributed by atoms with Gasteiger partial charge in [-0.1, -0.05) is 6.92 Å². The molecule has 10 nitrogen and oxygen atoms in total. The lowest BCUT2D eigenvalue weighted by atomic mass is 10.3. The van der Waals surface area contributed by atoms with Crippen LogP contribution in [0.25, 0.3) is 0 Å². The van der Waals surface area contributed by atoms with E-state index in [1.807, 2.05) is 6.92 Å². The van der Waals surface area contributed by atoms with Crippen molar-refractivity contribution in [1.82, 2.24) is 19.1 Å². The van der Waals surface area contributed by atoms with E-state index in [1.54, 1.807) is 11.9 Å². The highest BCUT2D eigenvalue weighted by Gasteiger charge is 2.39. The number of nitrogens with two attached hydrogens (primary N) is 1. The van der Waals surface area contributed by atoms with Gasteiger partial charge in [-0.05, 0) is 18.4 Å². The molecule has 2 aliphatic rings. The Morgan fingerprint density at radius 3 is 2.32 bits per heavy atom. The van der Waals surface area contributed by atoms with Gasteiger partial charge in [0.1, 0.15) is 10.6 Å². The van der Waals surface area contributed by atoms with Gasteiger partial charge in [0.2, 0.25) is 21.8 Å². The monoisotopic (exact) mass is 411 g/mol. The molecule has 1 saturated carbocycles. The summed E-state index contributed by atoms with van der Waals surface area (Å²) < 4.78 is 28.2. The molecule has 1 aliphatic carbocycles. The number of aromatic nitrogens is 1. The fourth-order valence-corrected chi connectivity index (χ4v) is 4.83. The van der Waals surface area contributed by atoms with Crippen LogP contribution < -0.4 is 11.1 Å². The summed E-state index contributed by atoms with van der Waals surface area (Å²) >= 11 is 0. The molecule has 2 heterocycles. The third-order valence-electron chi connectivity index (χ3n) is 5.32. The van der Waals surface area contributed by atoms with E-state index >= 15 is 0 Å². The summed E-state index contributed by atoms with van der Waals surface area (Å²) in [7, 11) is -2.24.